The van der Waals surface area contributed by atoms with E-state index >= 15 is 0 Å². The summed E-state index contributed by atoms with van der Waals surface area (Å²) in [5, 5.41) is 8.15. The normalized spacial score (nSPS) is 8.14. The summed E-state index contributed by atoms with van der Waals surface area (Å²) in [6.45, 7) is -1.28. The van der Waals surface area contributed by atoms with Crippen LogP contribution >= 0.6 is 0 Å². The van der Waals surface area contributed by atoms with Crippen LogP contribution in [0.25, 0.3) is 0 Å². The average molecular weight is 109 g/mol. The summed E-state index contributed by atoms with van der Waals surface area (Å²) in [5.74, 6) is 0. The Bertz CT molecular complexity index is 66.0. The first-order valence-corrected chi connectivity index (χ1v) is 1.60. The Morgan fingerprint density at radius 2 is 2.43 bits per heavy atom. The third-order valence-electron chi connectivity index (χ3n) is 0.274. The number of halogens is 1. The van der Waals surface area contributed by atoms with Crippen LogP contribution in [0.2, 0.25) is 0 Å². The molecule has 0 spiro atoms. The summed E-state index contributed by atoms with van der Waals surface area (Å²) in [6, 6.07) is 0. The van der Waals surface area contributed by atoms with Crippen LogP contribution in [0.3, 0.4) is 0 Å². The molecule has 4 nitrogen and oxygen atoms in total. The highest BCUT2D eigenvalue weighted by Gasteiger charge is 1.89. The molecule has 0 aromatic carbocycles. The molecule has 0 fully saturated rings. The number of hydrogen-bond donors (Lipinski definition) is 0. The first-order chi connectivity index (χ1) is 3.27. The Hall–Kier alpha value is -0.870. The molecule has 0 saturated carbocycles. The maximum absolute atomic E-state index is 10.9. The lowest BCUT2D eigenvalue weighted by atomic mass is 10.8. The molecule has 0 unspecified atom stereocenters. The average Bonchev–Trinajstić information content (AvgIpc) is 1.61. The van der Waals surface area contributed by atoms with Crippen molar-refractivity contribution in [2.75, 3.05) is 13.3 Å². The van der Waals surface area contributed by atoms with E-state index in [1.54, 1.807) is 0 Å². The highest BCUT2D eigenvalue weighted by molar-refractivity contribution is 4.12. The number of hydrogen-bond acceptors (Lipinski definition) is 3. The minimum atomic E-state index is -1.03. The van der Waals surface area contributed by atoms with Gasteiger partial charge in [0.25, 0.3) is 5.09 Å². The van der Waals surface area contributed by atoms with Gasteiger partial charge in [-0.15, -0.1) is 10.1 Å². The van der Waals surface area contributed by atoms with E-state index in [0.717, 1.165) is 0 Å². The maximum Gasteiger partial charge on any atom is 0.294 e. The van der Waals surface area contributed by atoms with Gasteiger partial charge in [0.15, 0.2) is 0 Å². The van der Waals surface area contributed by atoms with Crippen LogP contribution in [0, 0.1) is 10.1 Å². The SMILES string of the molecule is O=[N+]([O-])OCCF. The van der Waals surface area contributed by atoms with Gasteiger partial charge in [-0.25, -0.2) is 4.39 Å². The van der Waals surface area contributed by atoms with Gasteiger partial charge < -0.3 is 4.84 Å². The van der Waals surface area contributed by atoms with E-state index in [9.17, 15) is 14.5 Å². The van der Waals surface area contributed by atoms with Crippen molar-refractivity contribution in [2.24, 2.45) is 0 Å². The molecule has 0 heterocycles. The van der Waals surface area contributed by atoms with Crippen LogP contribution in [0.4, 0.5) is 4.39 Å². The van der Waals surface area contributed by atoms with Crippen molar-refractivity contribution in [3.05, 3.63) is 10.1 Å². The lowest BCUT2D eigenvalue weighted by Gasteiger charge is -1.87. The summed E-state index contributed by atoms with van der Waals surface area (Å²) < 4.78 is 10.9. The van der Waals surface area contributed by atoms with Crippen molar-refractivity contribution in [1.29, 1.82) is 0 Å². The summed E-state index contributed by atoms with van der Waals surface area (Å²) >= 11 is 0. The maximum atomic E-state index is 10.9. The monoisotopic (exact) mass is 109 g/mol. The molecule has 0 aromatic rings. The number of rotatable bonds is 3. The first-order valence-electron chi connectivity index (χ1n) is 1.60. The van der Waals surface area contributed by atoms with E-state index in [2.05, 4.69) is 4.84 Å². The van der Waals surface area contributed by atoms with Gasteiger partial charge in [0.05, 0.1) is 0 Å². The van der Waals surface area contributed by atoms with Crippen LogP contribution < -0.4 is 0 Å². The van der Waals surface area contributed by atoms with E-state index in [0.29, 0.717) is 0 Å². The van der Waals surface area contributed by atoms with Crippen LogP contribution in [-0.4, -0.2) is 18.4 Å². The zero-order valence-electron chi connectivity index (χ0n) is 3.46. The van der Waals surface area contributed by atoms with E-state index < -0.39 is 18.4 Å². The van der Waals surface area contributed by atoms with Gasteiger partial charge in [-0.2, -0.15) is 0 Å². The molecule has 0 N–H and O–H groups in total. The van der Waals surface area contributed by atoms with Crippen LogP contribution in [0.15, 0.2) is 0 Å². The molecular formula is C2H4FNO3. The summed E-state index contributed by atoms with van der Waals surface area (Å²) in [7, 11) is 0. The van der Waals surface area contributed by atoms with Crippen molar-refractivity contribution in [3.63, 3.8) is 0 Å². The van der Waals surface area contributed by atoms with Crippen molar-refractivity contribution >= 4 is 0 Å². The number of alkyl halides is 1. The molecule has 0 radical (unpaired) electrons. The quantitative estimate of drug-likeness (QED) is 0.383. The van der Waals surface area contributed by atoms with E-state index in [4.69, 9.17) is 0 Å². The molecule has 0 bridgehead atoms. The fourth-order valence-corrected chi connectivity index (χ4v) is 0.109. The van der Waals surface area contributed by atoms with Crippen molar-refractivity contribution in [1.82, 2.24) is 0 Å². The standard InChI is InChI=1S/C2H4FNO3/c3-1-2-7-4(5)6/h1-2H2. The number of nitrogens with zero attached hydrogens (tertiary/aromatic N) is 1. The predicted molar refractivity (Wildman–Crippen MR) is 18.9 cm³/mol. The van der Waals surface area contributed by atoms with Gasteiger partial charge >= 0.3 is 0 Å². The smallest absolute Gasteiger partial charge is 0.294 e. The fourth-order valence-electron chi connectivity index (χ4n) is 0.109. The molecule has 42 valence electrons. The van der Waals surface area contributed by atoms with E-state index in [1.165, 1.54) is 0 Å². The van der Waals surface area contributed by atoms with Gasteiger partial charge in [0.1, 0.15) is 13.3 Å². The molecular weight excluding hydrogens is 105 g/mol. The first kappa shape index (κ1) is 6.13. The zero-order valence-corrected chi connectivity index (χ0v) is 3.46. The predicted octanol–water partition coefficient (Wildman–Crippen LogP) is 0.164. The minimum absolute atomic E-state index is 0.465. The Balaban J connectivity index is 2.82. The largest absolute Gasteiger partial charge is 0.311 e. The Kier molecular flexibility index (Phi) is 2.91. The Morgan fingerprint density at radius 3 is 2.57 bits per heavy atom. The van der Waals surface area contributed by atoms with Gasteiger partial charge in [-0.1, -0.05) is 0 Å². The minimum Gasteiger partial charge on any atom is -0.311 e. The van der Waals surface area contributed by atoms with E-state index in [1.807, 2.05) is 0 Å². The Labute approximate surface area is 39.0 Å². The highest BCUT2D eigenvalue weighted by atomic mass is 19.1. The summed E-state index contributed by atoms with van der Waals surface area (Å²) in [4.78, 5) is 12.7. The van der Waals surface area contributed by atoms with Crippen LogP contribution in [0.1, 0.15) is 0 Å². The summed E-state index contributed by atoms with van der Waals surface area (Å²) in [5.41, 5.74) is 0. The lowest BCUT2D eigenvalue weighted by Crippen LogP contribution is -2.02. The van der Waals surface area contributed by atoms with Crippen LogP contribution in [-0.2, 0) is 4.84 Å². The molecule has 0 aliphatic heterocycles. The van der Waals surface area contributed by atoms with Crippen molar-refractivity contribution < 1.29 is 14.3 Å². The second-order valence-corrected chi connectivity index (χ2v) is 0.746. The molecule has 0 aliphatic carbocycles. The highest BCUT2D eigenvalue weighted by Crippen LogP contribution is 1.73. The van der Waals surface area contributed by atoms with Crippen molar-refractivity contribution in [3.8, 4) is 0 Å². The molecule has 0 saturated heterocycles. The lowest BCUT2D eigenvalue weighted by molar-refractivity contribution is -0.757. The van der Waals surface area contributed by atoms with Gasteiger partial charge in [-0.3, -0.25) is 0 Å². The third kappa shape index (κ3) is 5.13. The van der Waals surface area contributed by atoms with Gasteiger partial charge in [0.2, 0.25) is 0 Å². The molecule has 5 heteroatoms. The summed E-state index contributed by atoms with van der Waals surface area (Å²) in [6.07, 6.45) is 0. The fraction of sp³-hybridized carbons (Fsp3) is 1.00. The zero-order chi connectivity index (χ0) is 5.70. The second-order valence-electron chi connectivity index (χ2n) is 0.746. The van der Waals surface area contributed by atoms with Crippen LogP contribution in [0.5, 0.6) is 0 Å². The van der Waals surface area contributed by atoms with E-state index in [-0.39, 0.29) is 0 Å². The van der Waals surface area contributed by atoms with Crippen molar-refractivity contribution in [2.45, 2.75) is 0 Å². The second kappa shape index (κ2) is 3.32. The molecule has 0 amide bonds. The topological polar surface area (TPSA) is 52.4 Å². The van der Waals surface area contributed by atoms with Gasteiger partial charge in [-0.05, 0) is 0 Å². The molecule has 0 aromatic heterocycles. The molecule has 0 rings (SSSR count). The molecule has 0 atom stereocenters. The molecule has 0 aliphatic rings. The third-order valence-corrected chi connectivity index (χ3v) is 0.274. The Morgan fingerprint density at radius 1 is 1.86 bits per heavy atom. The molecule has 7 heavy (non-hydrogen) atoms. The van der Waals surface area contributed by atoms with Gasteiger partial charge in [0, 0.05) is 0 Å².